The number of hydrogen-bond acceptors (Lipinski definition) is 4. The maximum Gasteiger partial charge on any atom is 0.260 e. The van der Waals surface area contributed by atoms with E-state index in [1.165, 1.54) is 0 Å². The molecule has 1 saturated heterocycles. The van der Waals surface area contributed by atoms with Crippen molar-refractivity contribution in [2.75, 3.05) is 32.8 Å². The van der Waals surface area contributed by atoms with E-state index in [2.05, 4.69) is 6.07 Å². The van der Waals surface area contributed by atoms with Gasteiger partial charge in [0, 0.05) is 38.3 Å². The van der Waals surface area contributed by atoms with E-state index in [0.717, 1.165) is 16.7 Å². The third-order valence-electron chi connectivity index (χ3n) is 4.91. The number of nitrogens with two attached hydrogens (primary N) is 1. The van der Waals surface area contributed by atoms with Crippen LogP contribution in [-0.2, 0) is 11.3 Å². The van der Waals surface area contributed by atoms with E-state index in [1.54, 1.807) is 21.9 Å². The largest absolute Gasteiger partial charge is 0.484 e. The molecule has 0 unspecified atom stereocenters. The van der Waals surface area contributed by atoms with Crippen LogP contribution in [0.25, 0.3) is 0 Å². The fourth-order valence-electron chi connectivity index (χ4n) is 3.38. The zero-order chi connectivity index (χ0) is 20.1. The number of carbonyl (C=O) groups excluding carboxylic acids is 2. The molecule has 0 radical (unpaired) electrons. The molecule has 6 nitrogen and oxygen atoms in total. The van der Waals surface area contributed by atoms with E-state index in [4.69, 9.17) is 10.5 Å². The first-order valence-corrected chi connectivity index (χ1v) is 9.53. The van der Waals surface area contributed by atoms with Crippen molar-refractivity contribution in [3.05, 3.63) is 64.7 Å². The molecule has 1 fully saturated rings. The Morgan fingerprint density at radius 3 is 2.03 bits per heavy atom. The summed E-state index contributed by atoms with van der Waals surface area (Å²) in [4.78, 5) is 28.6. The van der Waals surface area contributed by atoms with Gasteiger partial charge in [-0.05, 0) is 54.8 Å². The summed E-state index contributed by atoms with van der Waals surface area (Å²) in [5.41, 5.74) is 9.45. The maximum absolute atomic E-state index is 12.6. The Labute approximate surface area is 178 Å². The van der Waals surface area contributed by atoms with Crippen molar-refractivity contribution in [2.45, 2.75) is 20.4 Å². The van der Waals surface area contributed by atoms with Gasteiger partial charge in [0.15, 0.2) is 6.61 Å². The third-order valence-corrected chi connectivity index (χ3v) is 4.91. The SMILES string of the molecule is Cc1cc(C)cc(OCC(=O)N2CCN(C(=O)c3ccc(CN)cc3)CC2)c1.Cl. The van der Waals surface area contributed by atoms with Gasteiger partial charge in [0.05, 0.1) is 0 Å². The highest BCUT2D eigenvalue weighted by Gasteiger charge is 2.25. The predicted molar refractivity (Wildman–Crippen MR) is 115 cm³/mol. The number of nitrogens with zero attached hydrogens (tertiary/aromatic N) is 2. The van der Waals surface area contributed by atoms with Gasteiger partial charge in [-0.3, -0.25) is 9.59 Å². The predicted octanol–water partition coefficient (Wildman–Crippen LogP) is 2.55. The summed E-state index contributed by atoms with van der Waals surface area (Å²) in [5, 5.41) is 0. The lowest BCUT2D eigenvalue weighted by Crippen LogP contribution is -2.51. The van der Waals surface area contributed by atoms with E-state index in [9.17, 15) is 9.59 Å². The number of piperazine rings is 1. The molecule has 1 aliphatic heterocycles. The molecule has 1 heterocycles. The average molecular weight is 418 g/mol. The highest BCUT2D eigenvalue weighted by Crippen LogP contribution is 2.16. The third kappa shape index (κ3) is 5.95. The second kappa shape index (κ2) is 10.3. The van der Waals surface area contributed by atoms with E-state index in [-0.39, 0.29) is 30.8 Å². The summed E-state index contributed by atoms with van der Waals surface area (Å²) in [6.45, 7) is 6.54. The minimum Gasteiger partial charge on any atom is -0.484 e. The smallest absolute Gasteiger partial charge is 0.260 e. The van der Waals surface area contributed by atoms with Gasteiger partial charge in [-0.15, -0.1) is 12.4 Å². The number of amides is 2. The van der Waals surface area contributed by atoms with Crippen molar-refractivity contribution in [3.63, 3.8) is 0 Å². The Bertz CT molecular complexity index is 827. The van der Waals surface area contributed by atoms with Crippen LogP contribution in [0.5, 0.6) is 5.75 Å². The summed E-state index contributed by atoms with van der Waals surface area (Å²) in [6.07, 6.45) is 0. The molecule has 0 aromatic heterocycles. The second-order valence-electron chi connectivity index (χ2n) is 7.19. The number of rotatable bonds is 5. The topological polar surface area (TPSA) is 75.9 Å². The zero-order valence-electron chi connectivity index (χ0n) is 16.9. The van der Waals surface area contributed by atoms with Gasteiger partial charge in [-0.1, -0.05) is 18.2 Å². The fourth-order valence-corrected chi connectivity index (χ4v) is 3.38. The van der Waals surface area contributed by atoms with Crippen LogP contribution >= 0.6 is 12.4 Å². The van der Waals surface area contributed by atoms with Crippen LogP contribution in [0, 0.1) is 13.8 Å². The van der Waals surface area contributed by atoms with Crippen molar-refractivity contribution in [2.24, 2.45) is 5.73 Å². The Morgan fingerprint density at radius 2 is 1.48 bits per heavy atom. The molecule has 3 rings (SSSR count). The highest BCUT2D eigenvalue weighted by atomic mass is 35.5. The van der Waals surface area contributed by atoms with Crippen molar-refractivity contribution in [3.8, 4) is 5.75 Å². The number of ether oxygens (including phenoxy) is 1. The standard InChI is InChI=1S/C22H27N3O3.ClH/c1-16-11-17(2)13-20(12-16)28-15-21(26)24-7-9-25(10-8-24)22(27)19-5-3-18(14-23)4-6-19;/h3-6,11-13H,7-10,14-15,23H2,1-2H3;1H. The van der Waals surface area contributed by atoms with Crippen LogP contribution in [0.1, 0.15) is 27.0 Å². The quantitative estimate of drug-likeness (QED) is 0.811. The van der Waals surface area contributed by atoms with Crippen LogP contribution in [-0.4, -0.2) is 54.4 Å². The van der Waals surface area contributed by atoms with Crippen LogP contribution in [0.2, 0.25) is 0 Å². The Morgan fingerprint density at radius 1 is 0.931 bits per heavy atom. The summed E-state index contributed by atoms with van der Waals surface area (Å²) >= 11 is 0. The molecule has 0 spiro atoms. The van der Waals surface area contributed by atoms with Gasteiger partial charge < -0.3 is 20.3 Å². The number of benzene rings is 2. The zero-order valence-corrected chi connectivity index (χ0v) is 17.7. The molecule has 2 amide bonds. The van der Waals surface area contributed by atoms with Crippen LogP contribution in [0.3, 0.4) is 0 Å². The normalized spacial score (nSPS) is 13.6. The fraction of sp³-hybridized carbons (Fsp3) is 0.364. The van der Waals surface area contributed by atoms with Gasteiger partial charge in [-0.25, -0.2) is 0 Å². The molecule has 0 saturated carbocycles. The molecule has 29 heavy (non-hydrogen) atoms. The number of carbonyl (C=O) groups is 2. The first kappa shape index (κ1) is 22.7. The van der Waals surface area contributed by atoms with Crippen molar-refractivity contribution < 1.29 is 14.3 Å². The first-order valence-electron chi connectivity index (χ1n) is 9.53. The molecule has 2 aromatic carbocycles. The van der Waals surface area contributed by atoms with Gasteiger partial charge in [-0.2, -0.15) is 0 Å². The molecule has 2 aromatic rings. The first-order chi connectivity index (χ1) is 13.5. The van der Waals surface area contributed by atoms with Crippen LogP contribution in [0.15, 0.2) is 42.5 Å². The van der Waals surface area contributed by atoms with E-state index in [0.29, 0.717) is 44.0 Å². The molecule has 0 aliphatic carbocycles. The van der Waals surface area contributed by atoms with Gasteiger partial charge in [0.25, 0.3) is 11.8 Å². The Hall–Kier alpha value is -2.57. The molecular weight excluding hydrogens is 390 g/mol. The molecular formula is C22H28ClN3O3. The number of hydrogen-bond donors (Lipinski definition) is 1. The Kier molecular flexibility index (Phi) is 8.05. The molecule has 2 N–H and O–H groups in total. The summed E-state index contributed by atoms with van der Waals surface area (Å²) in [7, 11) is 0. The summed E-state index contributed by atoms with van der Waals surface area (Å²) < 4.78 is 5.67. The maximum atomic E-state index is 12.6. The number of halogens is 1. The molecule has 156 valence electrons. The van der Waals surface area contributed by atoms with E-state index < -0.39 is 0 Å². The Balaban J connectivity index is 0.00000300. The van der Waals surface area contributed by atoms with E-state index >= 15 is 0 Å². The molecule has 0 bridgehead atoms. The van der Waals surface area contributed by atoms with Crippen LogP contribution in [0.4, 0.5) is 0 Å². The van der Waals surface area contributed by atoms with Crippen LogP contribution < -0.4 is 10.5 Å². The monoisotopic (exact) mass is 417 g/mol. The molecule has 1 aliphatic rings. The number of aryl methyl sites for hydroxylation is 2. The highest BCUT2D eigenvalue weighted by molar-refractivity contribution is 5.94. The lowest BCUT2D eigenvalue weighted by molar-refractivity contribution is -0.134. The molecule has 7 heteroatoms. The van der Waals surface area contributed by atoms with Crippen molar-refractivity contribution in [1.29, 1.82) is 0 Å². The second-order valence-corrected chi connectivity index (χ2v) is 7.19. The van der Waals surface area contributed by atoms with Gasteiger partial charge in [0.1, 0.15) is 5.75 Å². The summed E-state index contributed by atoms with van der Waals surface area (Å²) in [5.74, 6) is 0.640. The summed E-state index contributed by atoms with van der Waals surface area (Å²) in [6, 6.07) is 13.3. The average Bonchev–Trinajstić information content (AvgIpc) is 2.71. The lowest BCUT2D eigenvalue weighted by atomic mass is 10.1. The van der Waals surface area contributed by atoms with Gasteiger partial charge >= 0.3 is 0 Å². The van der Waals surface area contributed by atoms with Crippen molar-refractivity contribution >= 4 is 24.2 Å². The van der Waals surface area contributed by atoms with Crippen molar-refractivity contribution in [1.82, 2.24) is 9.80 Å². The lowest BCUT2D eigenvalue weighted by Gasteiger charge is -2.34. The minimum atomic E-state index is -0.0569. The molecule has 0 atom stereocenters. The van der Waals surface area contributed by atoms with Gasteiger partial charge in [0.2, 0.25) is 0 Å². The minimum absolute atomic E-state index is 0. The van der Waals surface area contributed by atoms with E-state index in [1.807, 2.05) is 38.1 Å².